The molecule has 0 spiro atoms. The van der Waals surface area contributed by atoms with E-state index in [2.05, 4.69) is 19.2 Å². The van der Waals surface area contributed by atoms with E-state index in [4.69, 9.17) is 0 Å². The van der Waals surface area contributed by atoms with Gasteiger partial charge in [-0.1, -0.05) is 58.8 Å². The van der Waals surface area contributed by atoms with Crippen LogP contribution in [-0.2, 0) is 0 Å². The van der Waals surface area contributed by atoms with Gasteiger partial charge in [0, 0.05) is 6.04 Å². The van der Waals surface area contributed by atoms with E-state index in [0.29, 0.717) is 0 Å². The van der Waals surface area contributed by atoms with Crippen LogP contribution >= 0.6 is 0 Å². The Balaban J connectivity index is 2.14. The number of rotatable bonds is 8. The largest absolute Gasteiger partial charge is 0.314 e. The van der Waals surface area contributed by atoms with Crippen LogP contribution in [0.15, 0.2) is 0 Å². The standard InChI is InChI=1S/C15H31N/c1-3-5-11-15(16-4-2)13-12-14-9-7-6-8-10-14/h14-16H,3-13H2,1-2H3. The lowest BCUT2D eigenvalue weighted by Gasteiger charge is -2.24. The molecule has 0 heterocycles. The monoisotopic (exact) mass is 225 g/mol. The van der Waals surface area contributed by atoms with Gasteiger partial charge in [0.25, 0.3) is 0 Å². The molecule has 1 aliphatic carbocycles. The fourth-order valence-electron chi connectivity index (χ4n) is 3.00. The third-order valence-corrected chi connectivity index (χ3v) is 4.05. The Morgan fingerprint density at radius 2 is 1.81 bits per heavy atom. The molecule has 96 valence electrons. The van der Waals surface area contributed by atoms with Crippen LogP contribution in [0.2, 0.25) is 0 Å². The van der Waals surface area contributed by atoms with E-state index < -0.39 is 0 Å². The van der Waals surface area contributed by atoms with Gasteiger partial charge in [-0.25, -0.2) is 0 Å². The highest BCUT2D eigenvalue weighted by Crippen LogP contribution is 2.28. The SMILES string of the molecule is CCCCC(CCC1CCCCC1)NCC. The van der Waals surface area contributed by atoms with Crippen LogP contribution in [0.4, 0.5) is 0 Å². The first kappa shape index (κ1) is 14.0. The first-order valence-corrected chi connectivity index (χ1v) is 7.60. The van der Waals surface area contributed by atoms with E-state index in [0.717, 1.165) is 18.5 Å². The van der Waals surface area contributed by atoms with Crippen LogP contribution in [0.5, 0.6) is 0 Å². The number of unbranched alkanes of at least 4 members (excludes halogenated alkanes) is 1. The Morgan fingerprint density at radius 3 is 2.44 bits per heavy atom. The maximum absolute atomic E-state index is 3.66. The van der Waals surface area contributed by atoms with Gasteiger partial charge < -0.3 is 5.32 Å². The summed E-state index contributed by atoms with van der Waals surface area (Å²) in [4.78, 5) is 0. The van der Waals surface area contributed by atoms with Crippen LogP contribution in [-0.4, -0.2) is 12.6 Å². The average molecular weight is 225 g/mol. The van der Waals surface area contributed by atoms with Gasteiger partial charge >= 0.3 is 0 Å². The van der Waals surface area contributed by atoms with Crippen LogP contribution < -0.4 is 5.32 Å². The van der Waals surface area contributed by atoms with Crippen molar-refractivity contribution in [3.05, 3.63) is 0 Å². The van der Waals surface area contributed by atoms with Gasteiger partial charge in [-0.3, -0.25) is 0 Å². The van der Waals surface area contributed by atoms with E-state index in [1.807, 2.05) is 0 Å². The molecule has 0 saturated heterocycles. The summed E-state index contributed by atoms with van der Waals surface area (Å²) < 4.78 is 0. The smallest absolute Gasteiger partial charge is 0.00670 e. The molecule has 0 aromatic heterocycles. The number of hydrogen-bond acceptors (Lipinski definition) is 1. The van der Waals surface area contributed by atoms with Crippen molar-refractivity contribution < 1.29 is 0 Å². The molecule has 1 rings (SSSR count). The highest BCUT2D eigenvalue weighted by atomic mass is 14.9. The Morgan fingerprint density at radius 1 is 1.06 bits per heavy atom. The minimum Gasteiger partial charge on any atom is -0.314 e. The fourth-order valence-corrected chi connectivity index (χ4v) is 3.00. The second-order valence-electron chi connectivity index (χ2n) is 5.48. The number of nitrogens with one attached hydrogen (secondary N) is 1. The van der Waals surface area contributed by atoms with Crippen molar-refractivity contribution in [2.45, 2.75) is 84.1 Å². The van der Waals surface area contributed by atoms with Gasteiger partial charge in [-0.15, -0.1) is 0 Å². The first-order valence-electron chi connectivity index (χ1n) is 7.60. The molecule has 1 atom stereocenters. The van der Waals surface area contributed by atoms with Gasteiger partial charge in [0.05, 0.1) is 0 Å². The van der Waals surface area contributed by atoms with Crippen molar-refractivity contribution in [3.8, 4) is 0 Å². The zero-order valence-electron chi connectivity index (χ0n) is 11.4. The molecule has 16 heavy (non-hydrogen) atoms. The van der Waals surface area contributed by atoms with Gasteiger partial charge in [-0.2, -0.15) is 0 Å². The Kier molecular flexibility index (Phi) is 7.92. The average Bonchev–Trinajstić information content (AvgIpc) is 2.34. The molecule has 1 nitrogen and oxygen atoms in total. The van der Waals surface area contributed by atoms with Crippen molar-refractivity contribution in [1.82, 2.24) is 5.32 Å². The minimum atomic E-state index is 0.798. The van der Waals surface area contributed by atoms with E-state index in [9.17, 15) is 0 Å². The van der Waals surface area contributed by atoms with Crippen LogP contribution in [0.1, 0.15) is 78.1 Å². The van der Waals surface area contributed by atoms with E-state index in [1.54, 1.807) is 0 Å². The zero-order chi connectivity index (χ0) is 11.6. The molecule has 1 heteroatoms. The van der Waals surface area contributed by atoms with Crippen LogP contribution in [0.25, 0.3) is 0 Å². The van der Waals surface area contributed by atoms with E-state index in [1.165, 1.54) is 64.2 Å². The third kappa shape index (κ3) is 5.89. The molecule has 0 aliphatic heterocycles. The van der Waals surface area contributed by atoms with Gasteiger partial charge in [0.1, 0.15) is 0 Å². The Labute approximate surface area is 102 Å². The predicted molar refractivity (Wildman–Crippen MR) is 72.8 cm³/mol. The van der Waals surface area contributed by atoms with Gasteiger partial charge in [-0.05, 0) is 31.7 Å². The molecule has 1 unspecified atom stereocenters. The quantitative estimate of drug-likeness (QED) is 0.640. The summed E-state index contributed by atoms with van der Waals surface area (Å²) in [5, 5.41) is 3.66. The molecular formula is C15H31N. The van der Waals surface area contributed by atoms with Crippen LogP contribution in [0, 0.1) is 5.92 Å². The van der Waals surface area contributed by atoms with E-state index in [-0.39, 0.29) is 0 Å². The fraction of sp³-hybridized carbons (Fsp3) is 1.00. The lowest BCUT2D eigenvalue weighted by Crippen LogP contribution is -2.29. The van der Waals surface area contributed by atoms with Crippen molar-refractivity contribution in [1.29, 1.82) is 0 Å². The predicted octanol–water partition coefficient (Wildman–Crippen LogP) is 4.52. The molecule has 0 aromatic carbocycles. The highest BCUT2D eigenvalue weighted by molar-refractivity contribution is 4.71. The second kappa shape index (κ2) is 9.04. The molecule has 0 aromatic rings. The maximum atomic E-state index is 3.66. The lowest BCUT2D eigenvalue weighted by molar-refractivity contribution is 0.308. The molecule has 0 bridgehead atoms. The van der Waals surface area contributed by atoms with Crippen molar-refractivity contribution in [2.75, 3.05) is 6.54 Å². The van der Waals surface area contributed by atoms with Crippen molar-refractivity contribution in [2.24, 2.45) is 5.92 Å². The second-order valence-corrected chi connectivity index (χ2v) is 5.48. The van der Waals surface area contributed by atoms with Crippen LogP contribution in [0.3, 0.4) is 0 Å². The van der Waals surface area contributed by atoms with Crippen molar-refractivity contribution >= 4 is 0 Å². The minimum absolute atomic E-state index is 0.798. The topological polar surface area (TPSA) is 12.0 Å². The molecule has 0 radical (unpaired) electrons. The lowest BCUT2D eigenvalue weighted by atomic mass is 9.85. The summed E-state index contributed by atoms with van der Waals surface area (Å²) in [6.45, 7) is 5.67. The molecule has 1 fully saturated rings. The molecular weight excluding hydrogens is 194 g/mol. The van der Waals surface area contributed by atoms with Crippen molar-refractivity contribution in [3.63, 3.8) is 0 Å². The third-order valence-electron chi connectivity index (χ3n) is 4.05. The molecule has 0 amide bonds. The highest BCUT2D eigenvalue weighted by Gasteiger charge is 2.15. The number of hydrogen-bond donors (Lipinski definition) is 1. The molecule has 1 aliphatic rings. The summed E-state index contributed by atoms with van der Waals surface area (Å²) in [5.41, 5.74) is 0. The summed E-state index contributed by atoms with van der Waals surface area (Å²) >= 11 is 0. The molecule has 1 N–H and O–H groups in total. The Hall–Kier alpha value is -0.0400. The normalized spacial score (nSPS) is 19.9. The first-order chi connectivity index (χ1) is 7.86. The van der Waals surface area contributed by atoms with Gasteiger partial charge in [0.15, 0.2) is 0 Å². The summed E-state index contributed by atoms with van der Waals surface area (Å²) in [5.74, 6) is 1.05. The maximum Gasteiger partial charge on any atom is 0.00670 e. The Bertz CT molecular complexity index is 150. The van der Waals surface area contributed by atoms with E-state index >= 15 is 0 Å². The summed E-state index contributed by atoms with van der Waals surface area (Å²) in [6, 6.07) is 0.798. The zero-order valence-corrected chi connectivity index (χ0v) is 11.4. The summed E-state index contributed by atoms with van der Waals surface area (Å²) in [7, 11) is 0. The van der Waals surface area contributed by atoms with Gasteiger partial charge in [0.2, 0.25) is 0 Å². The molecule has 1 saturated carbocycles. The summed E-state index contributed by atoms with van der Waals surface area (Å²) in [6.07, 6.45) is 14.5.